The minimum Gasteiger partial charge on any atom is -0.309 e. The zero-order valence-corrected chi connectivity index (χ0v) is 14.9. The van der Waals surface area contributed by atoms with Crippen molar-refractivity contribution in [2.24, 2.45) is 0 Å². The number of rotatable bonds is 6. The van der Waals surface area contributed by atoms with Crippen molar-refractivity contribution in [3.05, 3.63) is 88.7 Å². The Bertz CT molecular complexity index is 836. The molecule has 0 bridgehead atoms. The summed E-state index contributed by atoms with van der Waals surface area (Å²) in [5, 5.41) is 8.48. The summed E-state index contributed by atoms with van der Waals surface area (Å²) >= 11 is 0. The summed E-state index contributed by atoms with van der Waals surface area (Å²) in [6.45, 7) is 6.04. The monoisotopic (exact) mass is 331 g/mol. The minimum absolute atomic E-state index is 0.596. The molecule has 1 saturated carbocycles. The first kappa shape index (κ1) is 16.1. The van der Waals surface area contributed by atoms with Crippen LogP contribution in [0.4, 0.5) is 0 Å². The number of aromatic nitrogens is 2. The van der Waals surface area contributed by atoms with Crippen molar-refractivity contribution in [1.29, 1.82) is 0 Å². The van der Waals surface area contributed by atoms with Crippen molar-refractivity contribution in [3.63, 3.8) is 0 Å². The Morgan fingerprint density at radius 2 is 1.68 bits per heavy atom. The van der Waals surface area contributed by atoms with Crippen LogP contribution in [0.2, 0.25) is 0 Å². The van der Waals surface area contributed by atoms with Crippen molar-refractivity contribution in [2.75, 3.05) is 0 Å². The van der Waals surface area contributed by atoms with E-state index in [1.54, 1.807) is 0 Å². The predicted octanol–water partition coefficient (Wildman–Crippen LogP) is 4.19. The van der Waals surface area contributed by atoms with Crippen molar-refractivity contribution in [1.82, 2.24) is 15.1 Å². The molecule has 3 heteroatoms. The molecule has 0 amide bonds. The number of nitrogens with one attached hydrogen (secondary N) is 1. The van der Waals surface area contributed by atoms with E-state index in [2.05, 4.69) is 84.5 Å². The Morgan fingerprint density at radius 3 is 2.40 bits per heavy atom. The maximum atomic E-state index is 4.76. The summed E-state index contributed by atoms with van der Waals surface area (Å²) in [4.78, 5) is 0. The molecule has 0 unspecified atom stereocenters. The SMILES string of the molecule is Cc1nn(Cc2ccccc2)c(C)c1CN[C@@H]1C[C@@H]1c1ccccc1. The third-order valence-corrected chi connectivity index (χ3v) is 5.27. The third-order valence-electron chi connectivity index (χ3n) is 5.27. The van der Waals surface area contributed by atoms with Crippen LogP contribution in [0, 0.1) is 13.8 Å². The van der Waals surface area contributed by atoms with Crippen LogP contribution in [0.25, 0.3) is 0 Å². The Morgan fingerprint density at radius 1 is 1.00 bits per heavy atom. The summed E-state index contributed by atoms with van der Waals surface area (Å²) in [5.74, 6) is 0.668. The summed E-state index contributed by atoms with van der Waals surface area (Å²) in [7, 11) is 0. The second-order valence-electron chi connectivity index (χ2n) is 7.03. The number of hydrogen-bond acceptors (Lipinski definition) is 2. The van der Waals surface area contributed by atoms with Crippen molar-refractivity contribution >= 4 is 0 Å². The zero-order valence-electron chi connectivity index (χ0n) is 14.9. The third kappa shape index (κ3) is 3.52. The highest BCUT2D eigenvalue weighted by Gasteiger charge is 2.37. The van der Waals surface area contributed by atoms with E-state index in [9.17, 15) is 0 Å². The van der Waals surface area contributed by atoms with E-state index in [1.165, 1.54) is 28.8 Å². The van der Waals surface area contributed by atoms with Gasteiger partial charge in [-0.3, -0.25) is 4.68 Å². The van der Waals surface area contributed by atoms with Gasteiger partial charge in [-0.2, -0.15) is 5.10 Å². The van der Waals surface area contributed by atoms with Gasteiger partial charge in [0, 0.05) is 29.8 Å². The summed E-state index contributed by atoms with van der Waals surface area (Å²) < 4.78 is 2.13. The maximum absolute atomic E-state index is 4.76. The molecular formula is C22H25N3. The molecule has 0 saturated heterocycles. The topological polar surface area (TPSA) is 29.9 Å². The van der Waals surface area contributed by atoms with Gasteiger partial charge in [-0.05, 0) is 31.4 Å². The molecule has 1 aliphatic carbocycles. The second kappa shape index (κ2) is 6.85. The Labute approximate surface area is 149 Å². The van der Waals surface area contributed by atoms with Crippen LogP contribution >= 0.6 is 0 Å². The molecule has 128 valence electrons. The summed E-state index contributed by atoms with van der Waals surface area (Å²) in [5.41, 5.74) is 6.49. The summed E-state index contributed by atoms with van der Waals surface area (Å²) in [6.07, 6.45) is 1.24. The van der Waals surface area contributed by atoms with Gasteiger partial charge >= 0.3 is 0 Å². The van der Waals surface area contributed by atoms with Crippen LogP contribution in [-0.4, -0.2) is 15.8 Å². The van der Waals surface area contributed by atoms with E-state index >= 15 is 0 Å². The van der Waals surface area contributed by atoms with Gasteiger partial charge in [0.05, 0.1) is 12.2 Å². The van der Waals surface area contributed by atoms with Gasteiger partial charge < -0.3 is 5.32 Å². The lowest BCUT2D eigenvalue weighted by Crippen LogP contribution is -2.18. The highest BCUT2D eigenvalue weighted by atomic mass is 15.3. The highest BCUT2D eigenvalue weighted by Crippen LogP contribution is 2.40. The fourth-order valence-corrected chi connectivity index (χ4v) is 3.62. The molecule has 1 fully saturated rings. The van der Waals surface area contributed by atoms with Gasteiger partial charge in [0.1, 0.15) is 0 Å². The summed E-state index contributed by atoms with van der Waals surface area (Å²) in [6, 6.07) is 22.0. The molecular weight excluding hydrogens is 306 g/mol. The lowest BCUT2D eigenvalue weighted by molar-refractivity contribution is 0.649. The molecule has 1 heterocycles. The van der Waals surface area contributed by atoms with Gasteiger partial charge in [-0.1, -0.05) is 60.7 Å². The van der Waals surface area contributed by atoms with Gasteiger partial charge in [0.2, 0.25) is 0 Å². The van der Waals surface area contributed by atoms with E-state index in [-0.39, 0.29) is 0 Å². The zero-order chi connectivity index (χ0) is 17.2. The lowest BCUT2D eigenvalue weighted by atomic mass is 10.1. The van der Waals surface area contributed by atoms with Gasteiger partial charge in [0.15, 0.2) is 0 Å². The normalized spacial score (nSPS) is 19.1. The first-order valence-corrected chi connectivity index (χ1v) is 9.07. The molecule has 2 aromatic carbocycles. The Balaban J connectivity index is 1.40. The average molecular weight is 331 g/mol. The molecule has 4 rings (SSSR count). The van der Waals surface area contributed by atoms with Crippen LogP contribution in [0.1, 0.15) is 40.4 Å². The number of hydrogen-bond donors (Lipinski definition) is 1. The first-order chi connectivity index (χ1) is 12.2. The molecule has 3 nitrogen and oxygen atoms in total. The Kier molecular flexibility index (Phi) is 4.41. The van der Waals surface area contributed by atoms with Crippen molar-refractivity contribution in [3.8, 4) is 0 Å². The molecule has 0 spiro atoms. The van der Waals surface area contributed by atoms with Crippen LogP contribution in [0.15, 0.2) is 60.7 Å². The largest absolute Gasteiger partial charge is 0.309 e. The maximum Gasteiger partial charge on any atom is 0.0662 e. The number of aryl methyl sites for hydroxylation is 1. The van der Waals surface area contributed by atoms with E-state index in [0.717, 1.165) is 18.8 Å². The fourth-order valence-electron chi connectivity index (χ4n) is 3.62. The smallest absolute Gasteiger partial charge is 0.0662 e. The fraction of sp³-hybridized carbons (Fsp3) is 0.318. The molecule has 3 aromatic rings. The Hall–Kier alpha value is -2.39. The van der Waals surface area contributed by atoms with Crippen LogP contribution < -0.4 is 5.32 Å². The quantitative estimate of drug-likeness (QED) is 0.734. The van der Waals surface area contributed by atoms with Crippen molar-refractivity contribution < 1.29 is 0 Å². The van der Waals surface area contributed by atoms with Gasteiger partial charge in [-0.15, -0.1) is 0 Å². The molecule has 1 aromatic heterocycles. The molecule has 0 aliphatic heterocycles. The van der Waals surface area contributed by atoms with E-state index in [1.807, 2.05) is 0 Å². The first-order valence-electron chi connectivity index (χ1n) is 9.07. The molecule has 0 radical (unpaired) electrons. The highest BCUT2D eigenvalue weighted by molar-refractivity contribution is 5.29. The van der Waals surface area contributed by atoms with Crippen molar-refractivity contribution in [2.45, 2.75) is 45.3 Å². The average Bonchev–Trinajstić information content (AvgIpc) is 3.37. The molecule has 2 atom stereocenters. The number of nitrogens with zero attached hydrogens (tertiary/aromatic N) is 2. The standard InChI is InChI=1S/C22H25N3/c1-16-21(14-23-22-13-20(22)19-11-7-4-8-12-19)17(2)25(24-16)15-18-9-5-3-6-10-18/h3-12,20,22-23H,13-15H2,1-2H3/t20-,22-/m1/s1. The van der Waals surface area contributed by atoms with Crippen LogP contribution in [0.3, 0.4) is 0 Å². The van der Waals surface area contributed by atoms with E-state index < -0.39 is 0 Å². The number of benzene rings is 2. The van der Waals surface area contributed by atoms with Gasteiger partial charge in [-0.25, -0.2) is 0 Å². The predicted molar refractivity (Wildman–Crippen MR) is 102 cm³/mol. The molecule has 1 N–H and O–H groups in total. The van der Waals surface area contributed by atoms with E-state index in [4.69, 9.17) is 5.10 Å². The van der Waals surface area contributed by atoms with E-state index in [0.29, 0.717) is 12.0 Å². The molecule has 1 aliphatic rings. The van der Waals surface area contributed by atoms with Crippen LogP contribution in [0.5, 0.6) is 0 Å². The van der Waals surface area contributed by atoms with Gasteiger partial charge in [0.25, 0.3) is 0 Å². The van der Waals surface area contributed by atoms with Crippen LogP contribution in [-0.2, 0) is 13.1 Å². The second-order valence-corrected chi connectivity index (χ2v) is 7.03. The molecule has 25 heavy (non-hydrogen) atoms. The minimum atomic E-state index is 0.596. The lowest BCUT2D eigenvalue weighted by Gasteiger charge is -2.07.